The van der Waals surface area contributed by atoms with Gasteiger partial charge < -0.3 is 5.43 Å². The fraction of sp³-hybridized carbons (Fsp3) is 0. The Balaban J connectivity index is 1.80. The Hall–Kier alpha value is -2.51. The third-order valence-corrected chi connectivity index (χ3v) is 3.64. The molecule has 0 saturated heterocycles. The van der Waals surface area contributed by atoms with E-state index in [0.717, 1.165) is 10.2 Å². The molecule has 1 amide bonds. The Bertz CT molecular complexity index is 720. The lowest BCUT2D eigenvalue weighted by molar-refractivity contribution is 0.102. The van der Waals surface area contributed by atoms with Crippen molar-refractivity contribution in [3.05, 3.63) is 48.2 Å². The van der Waals surface area contributed by atoms with Gasteiger partial charge in [0.15, 0.2) is 5.13 Å². The summed E-state index contributed by atoms with van der Waals surface area (Å²) in [4.78, 5) is 20.4. The summed E-state index contributed by atoms with van der Waals surface area (Å²) in [5, 5.41) is 3.33. The van der Waals surface area contributed by atoms with Crippen molar-refractivity contribution in [1.29, 1.82) is 0 Å². The van der Waals surface area contributed by atoms with Gasteiger partial charge in [0.05, 0.1) is 15.8 Å². The Morgan fingerprint density at radius 2 is 2.05 bits per heavy atom. The van der Waals surface area contributed by atoms with E-state index in [9.17, 15) is 4.79 Å². The lowest BCUT2D eigenvalue weighted by atomic mass is 10.2. The number of amides is 1. The molecule has 0 unspecified atom stereocenters. The molecule has 0 aliphatic rings. The number of carbonyl (C=O) groups excluding carboxylic acids is 1. The molecule has 0 spiro atoms. The number of carbonyl (C=O) groups is 1. The Kier molecular flexibility index (Phi) is 3.28. The number of rotatable bonds is 3. The van der Waals surface area contributed by atoms with Crippen LogP contribution in [0.2, 0.25) is 0 Å². The van der Waals surface area contributed by atoms with Crippen LogP contribution in [-0.4, -0.2) is 15.9 Å². The van der Waals surface area contributed by atoms with Crippen molar-refractivity contribution in [3.8, 4) is 0 Å². The van der Waals surface area contributed by atoms with Crippen molar-refractivity contribution in [2.24, 2.45) is 5.84 Å². The summed E-state index contributed by atoms with van der Waals surface area (Å²) in [7, 11) is 0. The molecule has 0 bridgehead atoms. The van der Waals surface area contributed by atoms with Crippen LogP contribution in [0.3, 0.4) is 0 Å². The van der Waals surface area contributed by atoms with Gasteiger partial charge in [-0.1, -0.05) is 23.5 Å². The number of benzene rings is 1. The van der Waals surface area contributed by atoms with Crippen molar-refractivity contribution in [2.45, 2.75) is 0 Å². The Morgan fingerprint density at radius 1 is 1.20 bits per heavy atom. The maximum absolute atomic E-state index is 12.1. The monoisotopic (exact) mass is 285 g/mol. The molecule has 0 aliphatic heterocycles. The van der Waals surface area contributed by atoms with Gasteiger partial charge >= 0.3 is 0 Å². The Morgan fingerprint density at radius 3 is 2.75 bits per heavy atom. The third-order valence-electron chi connectivity index (χ3n) is 2.69. The predicted molar refractivity (Wildman–Crippen MR) is 79.6 cm³/mol. The first-order valence-electron chi connectivity index (χ1n) is 5.86. The number of hydrogen-bond acceptors (Lipinski definition) is 6. The molecule has 0 aliphatic carbocycles. The van der Waals surface area contributed by atoms with Crippen LogP contribution in [0.25, 0.3) is 10.2 Å². The normalized spacial score (nSPS) is 10.4. The second-order valence-corrected chi connectivity index (χ2v) is 5.05. The van der Waals surface area contributed by atoms with E-state index >= 15 is 0 Å². The number of hydrogen-bond donors (Lipinski definition) is 3. The van der Waals surface area contributed by atoms with Crippen LogP contribution in [0.15, 0.2) is 42.6 Å². The first-order chi connectivity index (χ1) is 9.76. The highest BCUT2D eigenvalue weighted by atomic mass is 32.1. The molecule has 0 radical (unpaired) electrons. The van der Waals surface area contributed by atoms with Gasteiger partial charge in [-0.15, -0.1) is 0 Å². The number of nitrogen functional groups attached to an aromatic ring is 1. The molecule has 1 aromatic carbocycles. The molecule has 3 rings (SSSR count). The van der Waals surface area contributed by atoms with Gasteiger partial charge in [0.25, 0.3) is 5.91 Å². The Labute approximate surface area is 118 Å². The molecule has 20 heavy (non-hydrogen) atoms. The molecular weight excluding hydrogens is 274 g/mol. The summed E-state index contributed by atoms with van der Waals surface area (Å²) in [6, 6.07) is 11.0. The molecular formula is C13H11N5OS. The van der Waals surface area contributed by atoms with Gasteiger partial charge in [0, 0.05) is 6.20 Å². The highest BCUT2D eigenvalue weighted by molar-refractivity contribution is 7.22. The fourth-order valence-electron chi connectivity index (χ4n) is 1.71. The van der Waals surface area contributed by atoms with Crippen LogP contribution >= 0.6 is 11.3 Å². The largest absolute Gasteiger partial charge is 0.308 e. The van der Waals surface area contributed by atoms with E-state index in [1.54, 1.807) is 12.1 Å². The second kappa shape index (κ2) is 5.24. The van der Waals surface area contributed by atoms with Crippen LogP contribution in [0.4, 0.5) is 10.9 Å². The minimum Gasteiger partial charge on any atom is -0.308 e. The van der Waals surface area contributed by atoms with Crippen LogP contribution in [0.1, 0.15) is 10.4 Å². The zero-order valence-corrected chi connectivity index (χ0v) is 11.1. The van der Waals surface area contributed by atoms with Crippen molar-refractivity contribution < 1.29 is 4.79 Å². The molecule has 0 fully saturated rings. The van der Waals surface area contributed by atoms with Crippen molar-refractivity contribution in [2.75, 3.05) is 10.7 Å². The van der Waals surface area contributed by atoms with Gasteiger partial charge in [-0.05, 0) is 24.3 Å². The maximum atomic E-state index is 12.1. The second-order valence-electron chi connectivity index (χ2n) is 4.02. The molecule has 100 valence electrons. The molecule has 2 heterocycles. The summed E-state index contributed by atoms with van der Waals surface area (Å²) < 4.78 is 1.03. The number of thiazole rings is 1. The number of anilines is 2. The molecule has 7 heteroatoms. The van der Waals surface area contributed by atoms with Crippen LogP contribution < -0.4 is 16.6 Å². The highest BCUT2D eigenvalue weighted by Crippen LogP contribution is 2.25. The van der Waals surface area contributed by atoms with Crippen molar-refractivity contribution in [3.63, 3.8) is 0 Å². The van der Waals surface area contributed by atoms with E-state index in [4.69, 9.17) is 5.84 Å². The maximum Gasteiger partial charge on any atom is 0.259 e. The van der Waals surface area contributed by atoms with Gasteiger partial charge in [0.2, 0.25) is 0 Å². The number of para-hydroxylation sites is 1. The lowest BCUT2D eigenvalue weighted by Gasteiger charge is -2.02. The summed E-state index contributed by atoms with van der Waals surface area (Å²) in [5.41, 5.74) is 3.72. The molecule has 6 nitrogen and oxygen atoms in total. The van der Waals surface area contributed by atoms with Crippen LogP contribution in [0.5, 0.6) is 0 Å². The van der Waals surface area contributed by atoms with E-state index < -0.39 is 0 Å². The summed E-state index contributed by atoms with van der Waals surface area (Å²) >= 11 is 1.43. The topological polar surface area (TPSA) is 92.9 Å². The predicted octanol–water partition coefficient (Wildman–Crippen LogP) is 2.23. The average molecular weight is 285 g/mol. The summed E-state index contributed by atoms with van der Waals surface area (Å²) in [6.07, 6.45) is 1.46. The summed E-state index contributed by atoms with van der Waals surface area (Å²) in [6.45, 7) is 0. The first-order valence-corrected chi connectivity index (χ1v) is 6.67. The zero-order chi connectivity index (χ0) is 13.9. The lowest BCUT2D eigenvalue weighted by Crippen LogP contribution is -2.13. The summed E-state index contributed by atoms with van der Waals surface area (Å²) in [5.74, 6) is 5.47. The van der Waals surface area contributed by atoms with Gasteiger partial charge in [0.1, 0.15) is 5.82 Å². The molecule has 0 atom stereocenters. The van der Waals surface area contributed by atoms with Crippen LogP contribution in [-0.2, 0) is 0 Å². The van der Waals surface area contributed by atoms with E-state index in [1.807, 2.05) is 24.3 Å². The van der Waals surface area contributed by atoms with E-state index in [-0.39, 0.29) is 5.91 Å². The third kappa shape index (κ3) is 2.44. The number of nitrogens with one attached hydrogen (secondary N) is 2. The average Bonchev–Trinajstić information content (AvgIpc) is 2.89. The number of nitrogens with zero attached hydrogens (tertiary/aromatic N) is 2. The number of fused-ring (bicyclic) bond motifs is 1. The quantitative estimate of drug-likeness (QED) is 0.507. The van der Waals surface area contributed by atoms with Gasteiger partial charge in [-0.25, -0.2) is 15.8 Å². The van der Waals surface area contributed by atoms with Crippen LogP contribution in [0, 0.1) is 0 Å². The first kappa shape index (κ1) is 12.5. The molecule has 4 N–H and O–H groups in total. The number of aromatic nitrogens is 2. The van der Waals surface area contributed by atoms with Gasteiger partial charge in [-0.3, -0.25) is 10.1 Å². The fourth-order valence-corrected chi connectivity index (χ4v) is 2.57. The van der Waals surface area contributed by atoms with Crippen molar-refractivity contribution in [1.82, 2.24) is 9.97 Å². The smallest absolute Gasteiger partial charge is 0.259 e. The molecule has 3 aromatic rings. The molecule has 2 aromatic heterocycles. The standard InChI is InChI=1S/C13H11N5OS/c14-18-11-6-5-8(7-15-11)12(19)17-13-16-9-3-1-2-4-10(9)20-13/h1-7H,14H2,(H,15,18)(H,16,17,19). The number of nitrogens with two attached hydrogens (primary N) is 1. The zero-order valence-electron chi connectivity index (χ0n) is 10.3. The number of pyridine rings is 1. The van der Waals surface area contributed by atoms with Gasteiger partial charge in [-0.2, -0.15) is 0 Å². The minimum atomic E-state index is -0.250. The number of hydrazine groups is 1. The SMILES string of the molecule is NNc1ccc(C(=O)Nc2nc3ccccc3s2)cn1. The van der Waals surface area contributed by atoms with Crippen molar-refractivity contribution >= 4 is 38.4 Å². The van der Waals surface area contributed by atoms with E-state index in [1.165, 1.54) is 17.5 Å². The molecule has 0 saturated carbocycles. The van der Waals surface area contributed by atoms with E-state index in [2.05, 4.69) is 20.7 Å². The highest BCUT2D eigenvalue weighted by Gasteiger charge is 2.10. The minimum absolute atomic E-state index is 0.250. The van der Waals surface area contributed by atoms with E-state index in [0.29, 0.717) is 16.5 Å².